The molecule has 124 valence electrons. The predicted octanol–water partition coefficient (Wildman–Crippen LogP) is 0.249. The van der Waals surface area contributed by atoms with E-state index in [4.69, 9.17) is 9.84 Å². The highest BCUT2D eigenvalue weighted by atomic mass is 16.5. The second-order valence-corrected chi connectivity index (χ2v) is 7.17. The van der Waals surface area contributed by atoms with Gasteiger partial charge in [-0.1, -0.05) is 13.8 Å². The fourth-order valence-electron chi connectivity index (χ4n) is 3.38. The summed E-state index contributed by atoms with van der Waals surface area (Å²) in [5, 5.41) is 12.7. The van der Waals surface area contributed by atoms with Crippen molar-refractivity contribution in [2.24, 2.45) is 11.3 Å². The van der Waals surface area contributed by atoms with Crippen molar-refractivity contribution in [3.8, 4) is 0 Å². The maximum Gasteiger partial charge on any atom is 0.0558 e. The Morgan fingerprint density at radius 1 is 1.19 bits per heavy atom. The van der Waals surface area contributed by atoms with E-state index in [9.17, 15) is 0 Å². The summed E-state index contributed by atoms with van der Waals surface area (Å²) in [5.74, 6) is 0.700. The number of β-amino-alcohol motifs (C(OH)–C–C–N with tert-alkyl or cyclic N) is 1. The van der Waals surface area contributed by atoms with Crippen molar-refractivity contribution >= 4 is 0 Å². The Hall–Kier alpha value is -0.200. The third-order valence-electron chi connectivity index (χ3n) is 4.68. The summed E-state index contributed by atoms with van der Waals surface area (Å²) in [7, 11) is 0. The second kappa shape index (κ2) is 8.44. The van der Waals surface area contributed by atoms with Gasteiger partial charge in [-0.05, 0) is 18.9 Å². The number of nitrogens with one attached hydrogen (secondary N) is 1. The van der Waals surface area contributed by atoms with E-state index in [1.807, 2.05) is 0 Å². The van der Waals surface area contributed by atoms with Crippen LogP contribution in [0.1, 0.15) is 20.3 Å². The molecule has 2 rings (SSSR count). The molecule has 0 aromatic carbocycles. The monoisotopic (exact) mass is 299 g/mol. The number of rotatable bonds is 8. The van der Waals surface area contributed by atoms with Gasteiger partial charge in [0.25, 0.3) is 0 Å². The molecule has 5 heteroatoms. The van der Waals surface area contributed by atoms with Crippen molar-refractivity contribution in [3.05, 3.63) is 0 Å². The van der Waals surface area contributed by atoms with Gasteiger partial charge in [0.15, 0.2) is 0 Å². The molecule has 0 aromatic heterocycles. The van der Waals surface area contributed by atoms with Crippen molar-refractivity contribution < 1.29 is 9.84 Å². The first-order valence-corrected chi connectivity index (χ1v) is 8.48. The van der Waals surface area contributed by atoms with Crippen molar-refractivity contribution in [2.75, 3.05) is 72.2 Å². The zero-order chi connectivity index (χ0) is 15.1. The maximum absolute atomic E-state index is 9.02. The highest BCUT2D eigenvalue weighted by Gasteiger charge is 2.37. The van der Waals surface area contributed by atoms with Crippen LogP contribution in [0.5, 0.6) is 0 Å². The molecule has 2 aliphatic heterocycles. The van der Waals surface area contributed by atoms with E-state index in [0.29, 0.717) is 11.3 Å². The fourth-order valence-corrected chi connectivity index (χ4v) is 3.38. The van der Waals surface area contributed by atoms with Gasteiger partial charge in [-0.15, -0.1) is 0 Å². The molecule has 21 heavy (non-hydrogen) atoms. The highest BCUT2D eigenvalue weighted by molar-refractivity contribution is 4.90. The number of aliphatic hydroxyl groups excluding tert-OH is 1. The van der Waals surface area contributed by atoms with Crippen molar-refractivity contribution in [1.29, 1.82) is 0 Å². The first-order valence-electron chi connectivity index (χ1n) is 8.48. The molecule has 2 fully saturated rings. The Kier molecular flexibility index (Phi) is 6.89. The Morgan fingerprint density at radius 2 is 1.90 bits per heavy atom. The van der Waals surface area contributed by atoms with Gasteiger partial charge in [-0.2, -0.15) is 0 Å². The third kappa shape index (κ3) is 5.49. The molecule has 0 bridgehead atoms. The smallest absolute Gasteiger partial charge is 0.0558 e. The van der Waals surface area contributed by atoms with E-state index in [0.717, 1.165) is 65.6 Å². The van der Waals surface area contributed by atoms with Crippen LogP contribution in [0.4, 0.5) is 0 Å². The van der Waals surface area contributed by atoms with Crippen LogP contribution in [0.25, 0.3) is 0 Å². The van der Waals surface area contributed by atoms with Crippen LogP contribution in [0.2, 0.25) is 0 Å². The van der Waals surface area contributed by atoms with Gasteiger partial charge in [0.1, 0.15) is 0 Å². The lowest BCUT2D eigenvalue weighted by molar-refractivity contribution is 0.0647. The Labute approximate surface area is 129 Å². The number of piperazine rings is 1. The topological polar surface area (TPSA) is 48.0 Å². The molecule has 5 nitrogen and oxygen atoms in total. The minimum absolute atomic E-state index is 0.275. The molecular formula is C16H33N3O2. The molecule has 1 atom stereocenters. The van der Waals surface area contributed by atoms with Gasteiger partial charge < -0.3 is 20.1 Å². The molecule has 2 aliphatic rings. The molecule has 2 heterocycles. The number of hydrogen-bond donors (Lipinski definition) is 2. The predicted molar refractivity (Wildman–Crippen MR) is 85.5 cm³/mol. The van der Waals surface area contributed by atoms with Gasteiger partial charge in [0.2, 0.25) is 0 Å². The molecule has 2 N–H and O–H groups in total. The lowest BCUT2D eigenvalue weighted by atomic mass is 9.86. The number of nitrogens with zero attached hydrogens (tertiary/aromatic N) is 2. The fraction of sp³-hybridized carbons (Fsp3) is 1.00. The average molecular weight is 299 g/mol. The van der Waals surface area contributed by atoms with Crippen LogP contribution in [-0.4, -0.2) is 87.1 Å². The molecule has 2 saturated heterocycles. The first-order chi connectivity index (χ1) is 10.1. The Balaban J connectivity index is 1.77. The van der Waals surface area contributed by atoms with E-state index in [1.54, 1.807) is 0 Å². The van der Waals surface area contributed by atoms with Crippen LogP contribution < -0.4 is 5.32 Å². The molecular weight excluding hydrogens is 266 g/mol. The van der Waals surface area contributed by atoms with Gasteiger partial charge in [0.05, 0.1) is 13.2 Å². The summed E-state index contributed by atoms with van der Waals surface area (Å²) in [5.41, 5.74) is 0.300. The van der Waals surface area contributed by atoms with Crippen LogP contribution in [0.3, 0.4) is 0 Å². The van der Waals surface area contributed by atoms with Crippen molar-refractivity contribution in [1.82, 2.24) is 15.1 Å². The van der Waals surface area contributed by atoms with Crippen molar-refractivity contribution in [3.63, 3.8) is 0 Å². The summed E-state index contributed by atoms with van der Waals surface area (Å²) in [6, 6.07) is 0. The zero-order valence-electron chi connectivity index (χ0n) is 13.8. The summed E-state index contributed by atoms with van der Waals surface area (Å²) in [6.07, 6.45) is 1.18. The molecule has 0 radical (unpaired) electrons. The SMILES string of the molecule is CC(C)CNCC1(CN2CCN(CCO)CC2)CCOC1. The number of aliphatic hydroxyl groups is 1. The lowest BCUT2D eigenvalue weighted by Gasteiger charge is -2.39. The van der Waals surface area contributed by atoms with Crippen LogP contribution in [0.15, 0.2) is 0 Å². The van der Waals surface area contributed by atoms with Crippen LogP contribution in [-0.2, 0) is 4.74 Å². The van der Waals surface area contributed by atoms with E-state index < -0.39 is 0 Å². The maximum atomic E-state index is 9.02. The average Bonchev–Trinajstić information content (AvgIpc) is 2.90. The molecule has 0 aliphatic carbocycles. The van der Waals surface area contributed by atoms with Gasteiger partial charge in [0, 0.05) is 57.8 Å². The van der Waals surface area contributed by atoms with E-state index in [-0.39, 0.29) is 6.61 Å². The van der Waals surface area contributed by atoms with Crippen LogP contribution in [0, 0.1) is 11.3 Å². The molecule has 0 amide bonds. The van der Waals surface area contributed by atoms with Crippen molar-refractivity contribution in [2.45, 2.75) is 20.3 Å². The molecule has 0 spiro atoms. The van der Waals surface area contributed by atoms with Gasteiger partial charge in [-0.25, -0.2) is 0 Å². The van der Waals surface area contributed by atoms with Gasteiger partial charge in [-0.3, -0.25) is 4.90 Å². The quantitative estimate of drug-likeness (QED) is 0.673. The molecule has 0 saturated carbocycles. The van der Waals surface area contributed by atoms with E-state index in [2.05, 4.69) is 29.0 Å². The standard InChI is InChI=1S/C16H33N3O2/c1-15(2)11-17-12-16(3-10-21-14-16)13-19-6-4-18(5-7-19)8-9-20/h15,17,20H,3-14H2,1-2H3. The highest BCUT2D eigenvalue weighted by Crippen LogP contribution is 2.29. The lowest BCUT2D eigenvalue weighted by Crippen LogP contribution is -2.52. The Bertz CT molecular complexity index is 285. The largest absolute Gasteiger partial charge is 0.395 e. The second-order valence-electron chi connectivity index (χ2n) is 7.17. The molecule has 1 unspecified atom stereocenters. The summed E-state index contributed by atoms with van der Waals surface area (Å²) in [6.45, 7) is 15.1. The summed E-state index contributed by atoms with van der Waals surface area (Å²) in [4.78, 5) is 4.94. The summed E-state index contributed by atoms with van der Waals surface area (Å²) < 4.78 is 5.71. The zero-order valence-corrected chi connectivity index (χ0v) is 13.8. The van der Waals surface area contributed by atoms with Crippen LogP contribution >= 0.6 is 0 Å². The minimum atomic E-state index is 0.275. The number of ether oxygens (including phenoxy) is 1. The first kappa shape index (κ1) is 17.2. The molecule has 0 aromatic rings. The van der Waals surface area contributed by atoms with E-state index in [1.165, 1.54) is 6.42 Å². The third-order valence-corrected chi connectivity index (χ3v) is 4.68. The minimum Gasteiger partial charge on any atom is -0.395 e. The Morgan fingerprint density at radius 3 is 2.48 bits per heavy atom. The summed E-state index contributed by atoms with van der Waals surface area (Å²) >= 11 is 0. The number of hydrogen-bond acceptors (Lipinski definition) is 5. The van der Waals surface area contributed by atoms with E-state index >= 15 is 0 Å². The van der Waals surface area contributed by atoms with Gasteiger partial charge >= 0.3 is 0 Å². The normalized spacial score (nSPS) is 28.6.